The van der Waals surface area contributed by atoms with Crippen molar-refractivity contribution in [1.82, 2.24) is 9.88 Å². The first-order chi connectivity index (χ1) is 10.0. The fraction of sp³-hybridized carbons (Fsp3) is 0.533. The summed E-state index contributed by atoms with van der Waals surface area (Å²) >= 11 is 0. The lowest BCUT2D eigenvalue weighted by Gasteiger charge is -2.31. The molecule has 2 rings (SSSR count). The molecule has 0 aromatic carbocycles. The summed E-state index contributed by atoms with van der Waals surface area (Å²) in [4.78, 5) is 27.9. The minimum atomic E-state index is -0.826. The molecule has 2 N–H and O–H groups in total. The van der Waals surface area contributed by atoms with Crippen molar-refractivity contribution in [2.24, 2.45) is 0 Å². The van der Waals surface area contributed by atoms with Gasteiger partial charge in [-0.25, -0.2) is 0 Å². The van der Waals surface area contributed by atoms with Crippen molar-refractivity contribution in [3.63, 3.8) is 0 Å². The van der Waals surface area contributed by atoms with Gasteiger partial charge in [-0.05, 0) is 31.5 Å². The first-order valence-electron chi connectivity index (χ1n) is 7.16. The highest BCUT2D eigenvalue weighted by molar-refractivity contribution is 5.69. The number of carboxylic acid groups (broad SMARTS) is 2. The monoisotopic (exact) mass is 292 g/mol. The summed E-state index contributed by atoms with van der Waals surface area (Å²) < 4.78 is 0. The van der Waals surface area contributed by atoms with Crippen LogP contribution in [0.5, 0.6) is 0 Å². The van der Waals surface area contributed by atoms with E-state index in [1.54, 1.807) is 0 Å². The lowest BCUT2D eigenvalue weighted by Crippen LogP contribution is -2.38. The van der Waals surface area contributed by atoms with Crippen molar-refractivity contribution in [2.45, 2.75) is 31.6 Å². The Morgan fingerprint density at radius 1 is 1.29 bits per heavy atom. The van der Waals surface area contributed by atoms with Gasteiger partial charge in [-0.2, -0.15) is 0 Å². The first kappa shape index (κ1) is 15.4. The quantitative estimate of drug-likeness (QED) is 0.822. The Labute approximate surface area is 123 Å². The fourth-order valence-electron chi connectivity index (χ4n) is 2.73. The maximum absolute atomic E-state index is 10.8. The van der Waals surface area contributed by atoms with Crippen LogP contribution in [0.25, 0.3) is 0 Å². The van der Waals surface area contributed by atoms with Crippen LogP contribution < -0.4 is 0 Å². The molecule has 0 unspecified atom stereocenters. The number of hydrogen-bond donors (Lipinski definition) is 2. The van der Waals surface area contributed by atoms with E-state index in [0.29, 0.717) is 13.0 Å². The van der Waals surface area contributed by atoms with Crippen molar-refractivity contribution in [1.29, 1.82) is 0 Å². The van der Waals surface area contributed by atoms with E-state index in [1.165, 1.54) is 0 Å². The lowest BCUT2D eigenvalue weighted by atomic mass is 9.94. The van der Waals surface area contributed by atoms with Gasteiger partial charge in [0, 0.05) is 30.3 Å². The third kappa shape index (κ3) is 4.82. The van der Waals surface area contributed by atoms with E-state index in [2.05, 4.69) is 4.98 Å². The second-order valence-corrected chi connectivity index (χ2v) is 5.42. The molecule has 2 heterocycles. The summed E-state index contributed by atoms with van der Waals surface area (Å²) in [6.07, 6.45) is 2.45. The summed E-state index contributed by atoms with van der Waals surface area (Å²) in [5, 5.41) is 17.6. The van der Waals surface area contributed by atoms with E-state index in [9.17, 15) is 9.59 Å². The van der Waals surface area contributed by atoms with Crippen LogP contribution in [0, 0.1) is 0 Å². The number of rotatable bonds is 6. The molecular formula is C15H20N2O4. The maximum atomic E-state index is 10.8. The SMILES string of the molecule is O=C(O)CCc1cccc([C@H]2CCCN(CC(=O)O)C2)n1. The molecule has 0 saturated carbocycles. The molecule has 0 bridgehead atoms. The zero-order valence-corrected chi connectivity index (χ0v) is 11.9. The highest BCUT2D eigenvalue weighted by Crippen LogP contribution is 2.25. The summed E-state index contributed by atoms with van der Waals surface area (Å²) in [6, 6.07) is 5.68. The number of hydrogen-bond acceptors (Lipinski definition) is 4. The Morgan fingerprint density at radius 2 is 2.10 bits per heavy atom. The van der Waals surface area contributed by atoms with Gasteiger partial charge in [0.25, 0.3) is 0 Å². The predicted octanol–water partition coefficient (Wildman–Crippen LogP) is 1.36. The van der Waals surface area contributed by atoms with Gasteiger partial charge in [-0.1, -0.05) is 6.07 Å². The highest BCUT2D eigenvalue weighted by Gasteiger charge is 2.23. The van der Waals surface area contributed by atoms with Crippen LogP contribution >= 0.6 is 0 Å². The van der Waals surface area contributed by atoms with E-state index in [0.717, 1.165) is 30.8 Å². The van der Waals surface area contributed by atoms with Crippen LogP contribution in [0.3, 0.4) is 0 Å². The molecule has 1 aromatic heterocycles. The summed E-state index contributed by atoms with van der Waals surface area (Å²) in [5.74, 6) is -1.41. The Balaban J connectivity index is 2.01. The standard InChI is InChI=1S/C15H20N2O4/c18-14(19)7-6-12-4-1-5-13(16-12)11-3-2-8-17(9-11)10-15(20)21/h1,4-5,11H,2-3,6-10H2,(H,18,19)(H,20,21)/t11-/m0/s1. The van der Waals surface area contributed by atoms with Crippen molar-refractivity contribution in [3.8, 4) is 0 Å². The normalized spacial score (nSPS) is 19.3. The largest absolute Gasteiger partial charge is 0.481 e. The number of piperidine rings is 1. The molecule has 1 aromatic rings. The Kier molecular flexibility index (Phi) is 5.27. The van der Waals surface area contributed by atoms with Gasteiger partial charge in [-0.15, -0.1) is 0 Å². The van der Waals surface area contributed by atoms with Crippen LogP contribution in [-0.2, 0) is 16.0 Å². The van der Waals surface area contributed by atoms with Crippen molar-refractivity contribution >= 4 is 11.9 Å². The molecule has 6 heteroatoms. The molecule has 0 radical (unpaired) electrons. The molecule has 1 fully saturated rings. The first-order valence-corrected chi connectivity index (χ1v) is 7.16. The number of carboxylic acids is 2. The van der Waals surface area contributed by atoms with Crippen molar-refractivity contribution in [2.75, 3.05) is 19.6 Å². The molecule has 1 atom stereocenters. The van der Waals surface area contributed by atoms with E-state index in [4.69, 9.17) is 10.2 Å². The lowest BCUT2D eigenvalue weighted by molar-refractivity contribution is -0.139. The molecule has 1 aliphatic heterocycles. The van der Waals surface area contributed by atoms with E-state index < -0.39 is 11.9 Å². The van der Waals surface area contributed by atoms with Crippen molar-refractivity contribution < 1.29 is 19.8 Å². The molecule has 1 aliphatic rings. The van der Waals surface area contributed by atoms with Gasteiger partial charge < -0.3 is 10.2 Å². The molecule has 21 heavy (non-hydrogen) atoms. The zero-order chi connectivity index (χ0) is 15.2. The molecule has 1 saturated heterocycles. The average Bonchev–Trinajstić information content (AvgIpc) is 2.45. The zero-order valence-electron chi connectivity index (χ0n) is 11.9. The second kappa shape index (κ2) is 7.17. The molecule has 6 nitrogen and oxygen atoms in total. The smallest absolute Gasteiger partial charge is 0.317 e. The van der Waals surface area contributed by atoms with E-state index >= 15 is 0 Å². The van der Waals surface area contributed by atoms with Crippen LogP contribution in [0.2, 0.25) is 0 Å². The summed E-state index contributed by atoms with van der Waals surface area (Å²) in [7, 11) is 0. The molecular weight excluding hydrogens is 272 g/mol. The predicted molar refractivity (Wildman–Crippen MR) is 76.2 cm³/mol. The van der Waals surface area contributed by atoms with E-state index in [1.807, 2.05) is 23.1 Å². The van der Waals surface area contributed by atoms with Crippen LogP contribution in [0.4, 0.5) is 0 Å². The summed E-state index contributed by atoms with van der Waals surface area (Å²) in [5.41, 5.74) is 1.72. The van der Waals surface area contributed by atoms with Gasteiger partial charge in [0.05, 0.1) is 13.0 Å². The Hall–Kier alpha value is -1.95. The van der Waals surface area contributed by atoms with Gasteiger partial charge in [0.15, 0.2) is 0 Å². The van der Waals surface area contributed by atoms with Crippen LogP contribution in [-0.4, -0.2) is 51.7 Å². The minimum Gasteiger partial charge on any atom is -0.481 e. The average molecular weight is 292 g/mol. The van der Waals surface area contributed by atoms with Gasteiger partial charge in [0.2, 0.25) is 0 Å². The number of aromatic nitrogens is 1. The highest BCUT2D eigenvalue weighted by atomic mass is 16.4. The number of aliphatic carboxylic acids is 2. The van der Waals surface area contributed by atoms with Crippen LogP contribution in [0.15, 0.2) is 18.2 Å². The summed E-state index contributed by atoms with van der Waals surface area (Å²) in [6.45, 7) is 1.57. The second-order valence-electron chi connectivity index (χ2n) is 5.42. The third-order valence-electron chi connectivity index (χ3n) is 3.71. The molecule has 0 aliphatic carbocycles. The van der Waals surface area contributed by atoms with Crippen molar-refractivity contribution in [3.05, 3.63) is 29.6 Å². The number of carbonyl (C=O) groups is 2. The number of nitrogens with zero attached hydrogens (tertiary/aromatic N) is 2. The fourth-order valence-corrected chi connectivity index (χ4v) is 2.73. The third-order valence-corrected chi connectivity index (χ3v) is 3.71. The minimum absolute atomic E-state index is 0.0647. The number of aryl methyl sites for hydroxylation is 1. The molecule has 0 spiro atoms. The maximum Gasteiger partial charge on any atom is 0.317 e. The van der Waals surface area contributed by atoms with Crippen LogP contribution in [0.1, 0.15) is 36.6 Å². The Morgan fingerprint density at radius 3 is 2.81 bits per heavy atom. The number of pyridine rings is 1. The molecule has 114 valence electrons. The molecule has 0 amide bonds. The number of likely N-dealkylation sites (tertiary alicyclic amines) is 1. The van der Waals surface area contributed by atoms with E-state index in [-0.39, 0.29) is 18.9 Å². The van der Waals surface area contributed by atoms with Gasteiger partial charge in [-0.3, -0.25) is 19.5 Å². The van der Waals surface area contributed by atoms with Gasteiger partial charge in [0.1, 0.15) is 0 Å². The Bertz CT molecular complexity index is 518. The van der Waals surface area contributed by atoms with Gasteiger partial charge >= 0.3 is 11.9 Å². The topological polar surface area (TPSA) is 90.7 Å².